The molecular weight excluding hydrogens is 350 g/mol. The van der Waals surface area contributed by atoms with Crippen molar-refractivity contribution >= 4 is 11.8 Å². The normalized spacial score (nSPS) is 12.3. The first kappa shape index (κ1) is 20.1. The number of rotatable bonds is 6. The molecule has 9 nitrogen and oxygen atoms in total. The van der Waals surface area contributed by atoms with Gasteiger partial charge in [-0.05, 0) is 38.8 Å². The number of aryl methyl sites for hydroxylation is 1. The maximum atomic E-state index is 12.1. The third-order valence-corrected chi connectivity index (χ3v) is 3.64. The monoisotopic (exact) mass is 373 g/mol. The number of hydrogen-bond acceptors (Lipinski definition) is 6. The number of pyridine rings is 1. The molecule has 1 atom stereocenters. The standard InChI is InChI=1S/C18H23N5O4/c1-6-7-14(21-17(24)27-18(2,3)4)12-8-13(10-19-9-12)16-15(23(25)26)11-20-22(16)5/h6,8-11,14H,1,7H2,2-5H3,(H,21,24). The minimum absolute atomic E-state index is 0.114. The van der Waals surface area contributed by atoms with E-state index in [1.807, 2.05) is 0 Å². The Bertz CT molecular complexity index is 854. The average Bonchev–Trinajstić information content (AvgIpc) is 2.95. The molecule has 0 spiro atoms. The van der Waals surface area contributed by atoms with E-state index in [-0.39, 0.29) is 5.69 Å². The lowest BCUT2D eigenvalue weighted by atomic mass is 10.0. The molecule has 1 N–H and O–H groups in total. The van der Waals surface area contributed by atoms with Gasteiger partial charge in [0, 0.05) is 25.0 Å². The lowest BCUT2D eigenvalue weighted by molar-refractivity contribution is -0.384. The van der Waals surface area contributed by atoms with Crippen LogP contribution in [0.1, 0.15) is 38.8 Å². The zero-order valence-electron chi connectivity index (χ0n) is 15.8. The zero-order chi connectivity index (χ0) is 20.2. The van der Waals surface area contributed by atoms with Crippen LogP contribution in [0.25, 0.3) is 11.3 Å². The van der Waals surface area contributed by atoms with Crippen LogP contribution < -0.4 is 5.32 Å². The highest BCUT2D eigenvalue weighted by molar-refractivity contribution is 5.70. The molecule has 0 bridgehead atoms. The number of hydrogen-bond donors (Lipinski definition) is 1. The van der Waals surface area contributed by atoms with Crippen LogP contribution in [0.2, 0.25) is 0 Å². The Morgan fingerprint density at radius 2 is 2.15 bits per heavy atom. The second kappa shape index (κ2) is 7.98. The van der Waals surface area contributed by atoms with E-state index >= 15 is 0 Å². The number of amides is 1. The number of nitrogens with one attached hydrogen (secondary N) is 1. The fourth-order valence-electron chi connectivity index (χ4n) is 2.57. The minimum atomic E-state index is -0.627. The summed E-state index contributed by atoms with van der Waals surface area (Å²) in [5.41, 5.74) is 0.798. The molecule has 0 fully saturated rings. The van der Waals surface area contributed by atoms with Gasteiger partial charge in [0.1, 0.15) is 17.5 Å². The number of nitrogens with zero attached hydrogens (tertiary/aromatic N) is 4. The Kier molecular flexibility index (Phi) is 5.94. The van der Waals surface area contributed by atoms with Gasteiger partial charge in [0.15, 0.2) is 0 Å². The summed E-state index contributed by atoms with van der Waals surface area (Å²) in [5.74, 6) is 0. The van der Waals surface area contributed by atoms with Gasteiger partial charge in [0.25, 0.3) is 0 Å². The van der Waals surface area contributed by atoms with E-state index in [1.54, 1.807) is 46.2 Å². The van der Waals surface area contributed by atoms with Crippen LogP contribution >= 0.6 is 0 Å². The second-order valence-corrected chi connectivity index (χ2v) is 6.99. The van der Waals surface area contributed by atoms with E-state index in [0.717, 1.165) is 0 Å². The van der Waals surface area contributed by atoms with Gasteiger partial charge in [-0.2, -0.15) is 5.10 Å². The maximum Gasteiger partial charge on any atom is 0.408 e. The van der Waals surface area contributed by atoms with Crippen molar-refractivity contribution in [2.45, 2.75) is 38.8 Å². The molecule has 144 valence electrons. The maximum absolute atomic E-state index is 12.1. The van der Waals surface area contributed by atoms with Crippen molar-refractivity contribution in [1.82, 2.24) is 20.1 Å². The van der Waals surface area contributed by atoms with E-state index < -0.39 is 22.7 Å². The molecule has 0 radical (unpaired) electrons. The largest absolute Gasteiger partial charge is 0.444 e. The van der Waals surface area contributed by atoms with Gasteiger partial charge >= 0.3 is 11.8 Å². The van der Waals surface area contributed by atoms with Crippen molar-refractivity contribution in [2.24, 2.45) is 7.05 Å². The summed E-state index contributed by atoms with van der Waals surface area (Å²) in [6, 6.07) is 1.31. The van der Waals surface area contributed by atoms with Gasteiger partial charge in [0.2, 0.25) is 0 Å². The molecule has 1 unspecified atom stereocenters. The molecule has 0 aliphatic carbocycles. The van der Waals surface area contributed by atoms with Gasteiger partial charge in [-0.15, -0.1) is 6.58 Å². The lowest BCUT2D eigenvalue weighted by Crippen LogP contribution is -2.34. The van der Waals surface area contributed by atoms with Crippen molar-refractivity contribution < 1.29 is 14.5 Å². The van der Waals surface area contributed by atoms with Gasteiger partial charge in [-0.1, -0.05) is 6.08 Å². The Morgan fingerprint density at radius 1 is 1.44 bits per heavy atom. The van der Waals surface area contributed by atoms with E-state index in [9.17, 15) is 14.9 Å². The predicted molar refractivity (Wildman–Crippen MR) is 100 cm³/mol. The van der Waals surface area contributed by atoms with Crippen LogP contribution in [0.5, 0.6) is 0 Å². The SMILES string of the molecule is C=CCC(NC(=O)OC(C)(C)C)c1cncc(-c2c([N+](=O)[O-])cnn2C)c1. The number of carbonyl (C=O) groups excluding carboxylic acids is 1. The Balaban J connectivity index is 2.36. The summed E-state index contributed by atoms with van der Waals surface area (Å²) >= 11 is 0. The smallest absolute Gasteiger partial charge is 0.408 e. The Labute approximate surface area is 157 Å². The molecule has 0 aliphatic rings. The number of nitro groups is 1. The summed E-state index contributed by atoms with van der Waals surface area (Å²) < 4.78 is 6.72. The fraction of sp³-hybridized carbons (Fsp3) is 0.389. The molecule has 2 aromatic rings. The number of ether oxygens (including phenoxy) is 1. The molecule has 0 saturated carbocycles. The molecular formula is C18H23N5O4. The van der Waals surface area contributed by atoms with Crippen LogP contribution in [0.15, 0.2) is 37.3 Å². The summed E-state index contributed by atoms with van der Waals surface area (Å²) in [4.78, 5) is 27.1. The molecule has 0 saturated heterocycles. The van der Waals surface area contributed by atoms with Gasteiger partial charge in [-0.25, -0.2) is 4.79 Å². The minimum Gasteiger partial charge on any atom is -0.444 e. The zero-order valence-corrected chi connectivity index (χ0v) is 15.8. The first-order valence-electron chi connectivity index (χ1n) is 8.34. The molecule has 2 aromatic heterocycles. The number of alkyl carbamates (subject to hydrolysis) is 1. The summed E-state index contributed by atoms with van der Waals surface area (Å²) in [6.45, 7) is 9.05. The first-order valence-corrected chi connectivity index (χ1v) is 8.34. The molecule has 1 amide bonds. The highest BCUT2D eigenvalue weighted by atomic mass is 16.6. The highest BCUT2D eigenvalue weighted by Crippen LogP contribution is 2.30. The van der Waals surface area contributed by atoms with Crippen molar-refractivity contribution in [3.63, 3.8) is 0 Å². The third-order valence-electron chi connectivity index (χ3n) is 3.64. The van der Waals surface area contributed by atoms with Crippen molar-refractivity contribution in [3.8, 4) is 11.3 Å². The highest BCUT2D eigenvalue weighted by Gasteiger charge is 2.23. The van der Waals surface area contributed by atoms with Crippen LogP contribution in [-0.2, 0) is 11.8 Å². The van der Waals surface area contributed by atoms with Gasteiger partial charge < -0.3 is 10.1 Å². The molecule has 27 heavy (non-hydrogen) atoms. The van der Waals surface area contributed by atoms with E-state index in [4.69, 9.17) is 4.74 Å². The van der Waals surface area contributed by atoms with Crippen molar-refractivity contribution in [2.75, 3.05) is 0 Å². The quantitative estimate of drug-likeness (QED) is 0.471. The lowest BCUT2D eigenvalue weighted by Gasteiger charge is -2.23. The van der Waals surface area contributed by atoms with E-state index in [1.165, 1.54) is 17.1 Å². The molecule has 9 heteroatoms. The Morgan fingerprint density at radius 3 is 2.74 bits per heavy atom. The molecule has 2 rings (SSSR count). The van der Waals surface area contributed by atoms with Crippen molar-refractivity contribution in [1.29, 1.82) is 0 Å². The van der Waals surface area contributed by atoms with Crippen LogP contribution in [-0.4, -0.2) is 31.4 Å². The summed E-state index contributed by atoms with van der Waals surface area (Å²) in [6.07, 6.45) is 5.86. The molecule has 0 aromatic carbocycles. The fourth-order valence-corrected chi connectivity index (χ4v) is 2.57. The number of aromatic nitrogens is 3. The molecule has 2 heterocycles. The van der Waals surface area contributed by atoms with Crippen LogP contribution in [0, 0.1) is 10.1 Å². The topological polar surface area (TPSA) is 112 Å². The van der Waals surface area contributed by atoms with E-state index in [0.29, 0.717) is 23.2 Å². The second-order valence-electron chi connectivity index (χ2n) is 6.99. The van der Waals surface area contributed by atoms with Crippen LogP contribution in [0.4, 0.5) is 10.5 Å². The predicted octanol–water partition coefficient (Wildman–Crippen LogP) is 3.53. The Hall–Kier alpha value is -3.23. The average molecular weight is 373 g/mol. The van der Waals surface area contributed by atoms with E-state index in [2.05, 4.69) is 22.0 Å². The van der Waals surface area contributed by atoms with Crippen molar-refractivity contribution in [3.05, 3.63) is 53.0 Å². The van der Waals surface area contributed by atoms with Gasteiger partial charge in [-0.3, -0.25) is 19.8 Å². The molecule has 0 aliphatic heterocycles. The van der Waals surface area contributed by atoms with Crippen LogP contribution in [0.3, 0.4) is 0 Å². The third kappa shape index (κ3) is 5.13. The summed E-state index contributed by atoms with van der Waals surface area (Å²) in [7, 11) is 1.62. The number of carbonyl (C=O) groups is 1. The first-order chi connectivity index (χ1) is 12.6. The van der Waals surface area contributed by atoms with Gasteiger partial charge in [0.05, 0.1) is 11.0 Å². The summed E-state index contributed by atoms with van der Waals surface area (Å²) in [5, 5.41) is 18.0.